The molecule has 2 rings (SSSR count). The van der Waals surface area contributed by atoms with E-state index < -0.39 is 0 Å². The topological polar surface area (TPSA) is 0 Å². The summed E-state index contributed by atoms with van der Waals surface area (Å²) in [6, 6.07) is 10.6. The van der Waals surface area contributed by atoms with Crippen LogP contribution in [0.1, 0.15) is 18.4 Å². The van der Waals surface area contributed by atoms with Crippen molar-refractivity contribution in [3.63, 3.8) is 0 Å². The summed E-state index contributed by atoms with van der Waals surface area (Å²) in [5.74, 6) is 0. The van der Waals surface area contributed by atoms with E-state index in [1.165, 1.54) is 23.1 Å². The van der Waals surface area contributed by atoms with Gasteiger partial charge in [-0.3, -0.25) is 0 Å². The zero-order chi connectivity index (χ0) is 10.5. The van der Waals surface area contributed by atoms with E-state index in [0.29, 0.717) is 0 Å². The Bertz CT molecular complexity index is 393. The molecule has 0 spiro atoms. The van der Waals surface area contributed by atoms with Crippen molar-refractivity contribution >= 4 is 0 Å². The number of allylic oxidation sites excluding steroid dienone is 5. The summed E-state index contributed by atoms with van der Waals surface area (Å²) < 4.78 is 0. The zero-order valence-corrected chi connectivity index (χ0v) is 8.95. The Labute approximate surface area is 91.6 Å². The highest BCUT2D eigenvalue weighted by Gasteiger charge is 2.06. The smallest absolute Gasteiger partial charge is 0.00231 e. The molecule has 0 heteroatoms. The molecule has 0 heterocycles. The highest BCUT2D eigenvalue weighted by molar-refractivity contribution is 5.43. The third-order valence-corrected chi connectivity index (χ3v) is 2.75. The maximum atomic E-state index is 3.87. The molecule has 0 N–H and O–H groups in total. The van der Waals surface area contributed by atoms with Crippen LogP contribution in [0.4, 0.5) is 0 Å². The Hall–Kier alpha value is -1.56. The van der Waals surface area contributed by atoms with E-state index in [1.54, 1.807) is 0 Å². The van der Waals surface area contributed by atoms with E-state index in [4.69, 9.17) is 0 Å². The molecule has 0 atom stereocenters. The average molecular weight is 196 g/mol. The lowest BCUT2D eigenvalue weighted by Gasteiger charge is -2.13. The van der Waals surface area contributed by atoms with Crippen LogP contribution in [-0.2, 0) is 6.42 Å². The summed E-state index contributed by atoms with van der Waals surface area (Å²) in [7, 11) is 0. The molecule has 76 valence electrons. The van der Waals surface area contributed by atoms with Crippen LogP contribution in [-0.4, -0.2) is 0 Å². The van der Waals surface area contributed by atoms with Gasteiger partial charge in [0.15, 0.2) is 0 Å². The second-order valence-corrected chi connectivity index (χ2v) is 3.83. The number of benzene rings is 1. The molecule has 0 amide bonds. The lowest BCUT2D eigenvalue weighted by atomic mass is 9.92. The van der Waals surface area contributed by atoms with Gasteiger partial charge < -0.3 is 0 Å². The first-order chi connectivity index (χ1) is 7.40. The quantitative estimate of drug-likeness (QED) is 0.683. The van der Waals surface area contributed by atoms with Gasteiger partial charge in [0.1, 0.15) is 0 Å². The van der Waals surface area contributed by atoms with Crippen LogP contribution in [0.15, 0.2) is 66.3 Å². The summed E-state index contributed by atoms with van der Waals surface area (Å²) in [6.07, 6.45) is 9.93. The molecule has 0 aromatic heterocycles. The van der Waals surface area contributed by atoms with Gasteiger partial charge >= 0.3 is 0 Å². The fourth-order valence-electron chi connectivity index (χ4n) is 1.95. The van der Waals surface area contributed by atoms with E-state index in [9.17, 15) is 0 Å². The monoisotopic (exact) mass is 196 g/mol. The number of hydrogen-bond donors (Lipinski definition) is 0. The minimum atomic E-state index is 1.03. The van der Waals surface area contributed by atoms with E-state index in [2.05, 4.69) is 49.1 Å². The molecule has 1 aromatic rings. The molecule has 0 fully saturated rings. The number of hydrogen-bond acceptors (Lipinski definition) is 0. The molecule has 0 aliphatic heterocycles. The standard InChI is InChI=1S/C15H16/c1-2-14-10-6-7-11-15(14)12-13-8-4-3-5-9-13/h2-5,8-11H,1,6-7,12H2. The first-order valence-electron chi connectivity index (χ1n) is 5.46. The fraction of sp³-hybridized carbons (Fsp3) is 0.200. The molecule has 1 aliphatic rings. The molecule has 1 aromatic carbocycles. The van der Waals surface area contributed by atoms with Gasteiger partial charge in [0, 0.05) is 0 Å². The Morgan fingerprint density at radius 2 is 1.80 bits per heavy atom. The SMILES string of the molecule is C=CC1=CCCC=C1Cc1ccccc1. The van der Waals surface area contributed by atoms with Crippen LogP contribution in [0.3, 0.4) is 0 Å². The zero-order valence-electron chi connectivity index (χ0n) is 8.95. The van der Waals surface area contributed by atoms with Crippen molar-refractivity contribution in [2.45, 2.75) is 19.3 Å². The largest absolute Gasteiger partial charge is 0.0985 e. The van der Waals surface area contributed by atoms with Crippen LogP contribution in [0.5, 0.6) is 0 Å². The molecule has 0 nitrogen and oxygen atoms in total. The Balaban J connectivity index is 2.15. The lowest BCUT2D eigenvalue weighted by Crippen LogP contribution is -1.97. The van der Waals surface area contributed by atoms with Crippen LogP contribution in [0, 0.1) is 0 Å². The predicted molar refractivity (Wildman–Crippen MR) is 65.7 cm³/mol. The summed E-state index contributed by atoms with van der Waals surface area (Å²) in [4.78, 5) is 0. The van der Waals surface area contributed by atoms with Gasteiger partial charge in [0.25, 0.3) is 0 Å². The average Bonchev–Trinajstić information content (AvgIpc) is 2.31. The van der Waals surface area contributed by atoms with Gasteiger partial charge in [-0.1, -0.05) is 55.1 Å². The van der Waals surface area contributed by atoms with Gasteiger partial charge in [0.2, 0.25) is 0 Å². The fourth-order valence-corrected chi connectivity index (χ4v) is 1.95. The van der Waals surface area contributed by atoms with Gasteiger partial charge in [-0.15, -0.1) is 0 Å². The molecule has 0 bridgehead atoms. The number of rotatable bonds is 3. The normalized spacial score (nSPS) is 15.5. The van der Waals surface area contributed by atoms with Crippen LogP contribution < -0.4 is 0 Å². The van der Waals surface area contributed by atoms with Crippen molar-refractivity contribution in [1.82, 2.24) is 0 Å². The van der Waals surface area contributed by atoms with Gasteiger partial charge in [-0.25, -0.2) is 0 Å². The minimum Gasteiger partial charge on any atom is -0.0985 e. The van der Waals surface area contributed by atoms with E-state index >= 15 is 0 Å². The third kappa shape index (κ3) is 2.47. The van der Waals surface area contributed by atoms with Gasteiger partial charge in [-0.2, -0.15) is 0 Å². The minimum absolute atomic E-state index is 1.03. The van der Waals surface area contributed by atoms with Crippen LogP contribution >= 0.6 is 0 Å². The van der Waals surface area contributed by atoms with Gasteiger partial charge in [-0.05, 0) is 36.0 Å². The summed E-state index contributed by atoms with van der Waals surface area (Å²) in [5.41, 5.74) is 4.10. The summed E-state index contributed by atoms with van der Waals surface area (Å²) in [5, 5.41) is 0. The summed E-state index contributed by atoms with van der Waals surface area (Å²) in [6.45, 7) is 3.87. The Morgan fingerprint density at radius 3 is 2.53 bits per heavy atom. The predicted octanol–water partition coefficient (Wildman–Crippen LogP) is 4.06. The Morgan fingerprint density at radius 1 is 1.07 bits per heavy atom. The van der Waals surface area contributed by atoms with Crippen molar-refractivity contribution < 1.29 is 0 Å². The molecular weight excluding hydrogens is 180 g/mol. The summed E-state index contributed by atoms with van der Waals surface area (Å²) >= 11 is 0. The van der Waals surface area contributed by atoms with Crippen molar-refractivity contribution in [1.29, 1.82) is 0 Å². The first-order valence-corrected chi connectivity index (χ1v) is 5.46. The maximum absolute atomic E-state index is 3.87. The molecule has 15 heavy (non-hydrogen) atoms. The highest BCUT2D eigenvalue weighted by Crippen LogP contribution is 2.23. The molecular formula is C15H16. The molecule has 0 unspecified atom stereocenters. The Kier molecular flexibility index (Phi) is 3.18. The first kappa shape index (κ1) is 9.97. The van der Waals surface area contributed by atoms with Gasteiger partial charge in [0.05, 0.1) is 0 Å². The molecule has 0 radical (unpaired) electrons. The molecule has 0 saturated heterocycles. The molecule has 1 aliphatic carbocycles. The van der Waals surface area contributed by atoms with Crippen molar-refractivity contribution in [2.24, 2.45) is 0 Å². The highest BCUT2D eigenvalue weighted by atomic mass is 14.1. The van der Waals surface area contributed by atoms with E-state index in [1.807, 2.05) is 6.08 Å². The van der Waals surface area contributed by atoms with Crippen LogP contribution in [0.2, 0.25) is 0 Å². The van der Waals surface area contributed by atoms with Crippen LogP contribution in [0.25, 0.3) is 0 Å². The molecule has 0 saturated carbocycles. The maximum Gasteiger partial charge on any atom is -0.00231 e. The second kappa shape index (κ2) is 4.79. The van der Waals surface area contributed by atoms with E-state index in [0.717, 1.165) is 12.8 Å². The third-order valence-electron chi connectivity index (χ3n) is 2.75. The van der Waals surface area contributed by atoms with Crippen molar-refractivity contribution in [2.75, 3.05) is 0 Å². The lowest BCUT2D eigenvalue weighted by molar-refractivity contribution is 0.976. The van der Waals surface area contributed by atoms with E-state index in [-0.39, 0.29) is 0 Å². The van der Waals surface area contributed by atoms with Crippen molar-refractivity contribution in [3.05, 3.63) is 71.8 Å². The van der Waals surface area contributed by atoms with Crippen molar-refractivity contribution in [3.8, 4) is 0 Å². The second-order valence-electron chi connectivity index (χ2n) is 3.83.